The number of halogens is 3. The predicted molar refractivity (Wildman–Crippen MR) is 77.6 cm³/mol. The highest BCUT2D eigenvalue weighted by Gasteiger charge is 2.30. The zero-order valence-corrected chi connectivity index (χ0v) is 13.0. The normalized spacial score (nSPS) is 11.2. The highest BCUT2D eigenvalue weighted by atomic mass is 19.4. The first-order valence-electron chi connectivity index (χ1n) is 6.95. The third-order valence-electron chi connectivity index (χ3n) is 2.88. The van der Waals surface area contributed by atoms with Crippen LogP contribution in [0.1, 0.15) is 17.4 Å². The average molecular weight is 344 g/mol. The molecule has 6 nitrogen and oxygen atoms in total. The van der Waals surface area contributed by atoms with E-state index in [-0.39, 0.29) is 18.1 Å². The van der Waals surface area contributed by atoms with Gasteiger partial charge in [-0.15, -0.1) is 0 Å². The van der Waals surface area contributed by atoms with Gasteiger partial charge in [0.1, 0.15) is 5.75 Å². The summed E-state index contributed by atoms with van der Waals surface area (Å²) in [5, 5.41) is 3.96. The topological polar surface area (TPSA) is 62.6 Å². The monoisotopic (exact) mass is 344 g/mol. The standard InChI is InChI=1S/C15H15F3N2O4/c1-3-23-14(21)13-12(24-9-15(16,17)18)8-20(19-13)10-4-6-11(22-2)7-5-10/h4-8H,3,9H2,1-2H3. The Kier molecular flexibility index (Phi) is 5.32. The Labute approximate surface area is 135 Å². The summed E-state index contributed by atoms with van der Waals surface area (Å²) >= 11 is 0. The van der Waals surface area contributed by atoms with Crippen LogP contribution in [-0.2, 0) is 4.74 Å². The summed E-state index contributed by atoms with van der Waals surface area (Å²) in [5.74, 6) is -0.561. The maximum atomic E-state index is 12.4. The number of alkyl halides is 3. The number of aromatic nitrogens is 2. The molecule has 0 N–H and O–H groups in total. The zero-order valence-electron chi connectivity index (χ0n) is 13.0. The van der Waals surface area contributed by atoms with Crippen LogP contribution < -0.4 is 9.47 Å². The fourth-order valence-electron chi connectivity index (χ4n) is 1.83. The van der Waals surface area contributed by atoms with Crippen molar-refractivity contribution in [1.29, 1.82) is 0 Å². The molecule has 0 amide bonds. The van der Waals surface area contributed by atoms with E-state index in [1.54, 1.807) is 31.2 Å². The molecule has 0 atom stereocenters. The van der Waals surface area contributed by atoms with Gasteiger partial charge in [-0.3, -0.25) is 0 Å². The molecule has 0 saturated heterocycles. The smallest absolute Gasteiger partial charge is 0.422 e. The number of carbonyl (C=O) groups excluding carboxylic acids is 1. The van der Waals surface area contributed by atoms with Crippen LogP contribution in [0.4, 0.5) is 13.2 Å². The van der Waals surface area contributed by atoms with E-state index in [1.165, 1.54) is 18.0 Å². The SMILES string of the molecule is CCOC(=O)c1nn(-c2ccc(OC)cc2)cc1OCC(F)(F)F. The first-order valence-corrected chi connectivity index (χ1v) is 6.95. The molecule has 0 bridgehead atoms. The zero-order chi connectivity index (χ0) is 17.7. The van der Waals surface area contributed by atoms with Gasteiger partial charge in [0, 0.05) is 0 Å². The molecular weight excluding hydrogens is 329 g/mol. The fourth-order valence-corrected chi connectivity index (χ4v) is 1.83. The Morgan fingerprint density at radius 2 is 1.92 bits per heavy atom. The highest BCUT2D eigenvalue weighted by Crippen LogP contribution is 2.24. The van der Waals surface area contributed by atoms with Gasteiger partial charge < -0.3 is 14.2 Å². The van der Waals surface area contributed by atoms with E-state index in [4.69, 9.17) is 9.47 Å². The van der Waals surface area contributed by atoms with Crippen molar-refractivity contribution in [2.45, 2.75) is 13.1 Å². The molecule has 0 aliphatic rings. The number of ether oxygens (including phenoxy) is 3. The minimum Gasteiger partial charge on any atom is -0.497 e. The van der Waals surface area contributed by atoms with E-state index in [2.05, 4.69) is 9.84 Å². The molecule has 1 heterocycles. The van der Waals surface area contributed by atoms with Crippen molar-refractivity contribution in [1.82, 2.24) is 9.78 Å². The van der Waals surface area contributed by atoms with Crippen molar-refractivity contribution in [3.8, 4) is 17.2 Å². The van der Waals surface area contributed by atoms with E-state index in [9.17, 15) is 18.0 Å². The summed E-state index contributed by atoms with van der Waals surface area (Å²) in [7, 11) is 1.50. The van der Waals surface area contributed by atoms with Crippen molar-refractivity contribution >= 4 is 5.97 Å². The summed E-state index contributed by atoms with van der Waals surface area (Å²) in [6.07, 6.45) is -3.34. The Morgan fingerprint density at radius 3 is 2.46 bits per heavy atom. The highest BCUT2D eigenvalue weighted by molar-refractivity contribution is 5.90. The van der Waals surface area contributed by atoms with Gasteiger partial charge >= 0.3 is 12.1 Å². The number of esters is 1. The number of nitrogens with zero attached hydrogens (tertiary/aromatic N) is 2. The van der Waals surface area contributed by atoms with Crippen LogP contribution in [-0.4, -0.2) is 42.2 Å². The summed E-state index contributed by atoms with van der Waals surface area (Å²) in [6.45, 7) is 0.106. The first kappa shape index (κ1) is 17.6. The molecule has 2 rings (SSSR count). The number of benzene rings is 1. The van der Waals surface area contributed by atoms with Gasteiger partial charge in [-0.05, 0) is 31.2 Å². The minimum atomic E-state index is -4.53. The molecule has 0 spiro atoms. The molecule has 2 aromatic rings. The second kappa shape index (κ2) is 7.24. The molecule has 0 saturated carbocycles. The van der Waals surface area contributed by atoms with Gasteiger partial charge in [0.15, 0.2) is 12.4 Å². The number of methoxy groups -OCH3 is 1. The van der Waals surface area contributed by atoms with Crippen LogP contribution in [0.3, 0.4) is 0 Å². The lowest BCUT2D eigenvalue weighted by Crippen LogP contribution is -2.20. The van der Waals surface area contributed by atoms with Crippen molar-refractivity contribution in [2.75, 3.05) is 20.3 Å². The van der Waals surface area contributed by atoms with Gasteiger partial charge in [0.25, 0.3) is 0 Å². The number of hydrogen-bond donors (Lipinski definition) is 0. The van der Waals surface area contributed by atoms with E-state index in [0.717, 1.165) is 0 Å². The molecule has 0 unspecified atom stereocenters. The van der Waals surface area contributed by atoms with E-state index in [1.807, 2.05) is 0 Å². The Balaban J connectivity index is 2.33. The van der Waals surface area contributed by atoms with Crippen LogP contribution in [0.25, 0.3) is 5.69 Å². The molecule has 1 aromatic heterocycles. The molecule has 1 aromatic carbocycles. The van der Waals surface area contributed by atoms with Crippen molar-refractivity contribution in [2.24, 2.45) is 0 Å². The lowest BCUT2D eigenvalue weighted by molar-refractivity contribution is -0.153. The third-order valence-corrected chi connectivity index (χ3v) is 2.88. The molecule has 9 heteroatoms. The number of carbonyl (C=O) groups is 1. The van der Waals surface area contributed by atoms with Gasteiger partial charge in [0.2, 0.25) is 5.69 Å². The van der Waals surface area contributed by atoms with Gasteiger partial charge in [-0.2, -0.15) is 18.3 Å². The van der Waals surface area contributed by atoms with Crippen LogP contribution in [0.15, 0.2) is 30.5 Å². The summed E-state index contributed by atoms with van der Waals surface area (Å²) < 4.78 is 52.8. The molecule has 0 aliphatic heterocycles. The maximum Gasteiger partial charge on any atom is 0.422 e. The van der Waals surface area contributed by atoms with E-state index in [0.29, 0.717) is 11.4 Å². The molecule has 0 aliphatic carbocycles. The first-order chi connectivity index (χ1) is 11.3. The number of rotatable bonds is 6. The lowest BCUT2D eigenvalue weighted by atomic mass is 10.3. The second-order valence-corrected chi connectivity index (χ2v) is 4.61. The molecule has 0 radical (unpaired) electrons. The van der Waals surface area contributed by atoms with Crippen LogP contribution >= 0.6 is 0 Å². The number of hydrogen-bond acceptors (Lipinski definition) is 5. The fraction of sp³-hybridized carbons (Fsp3) is 0.333. The summed E-state index contributed by atoms with van der Waals surface area (Å²) in [4.78, 5) is 11.9. The molecular formula is C15H15F3N2O4. The van der Waals surface area contributed by atoms with Crippen molar-refractivity contribution in [3.05, 3.63) is 36.2 Å². The van der Waals surface area contributed by atoms with E-state index >= 15 is 0 Å². The Bertz CT molecular complexity index is 696. The van der Waals surface area contributed by atoms with E-state index < -0.39 is 18.8 Å². The van der Waals surface area contributed by atoms with Crippen molar-refractivity contribution in [3.63, 3.8) is 0 Å². The molecule has 130 valence electrons. The van der Waals surface area contributed by atoms with Crippen LogP contribution in [0, 0.1) is 0 Å². The molecule has 24 heavy (non-hydrogen) atoms. The third kappa shape index (κ3) is 4.40. The van der Waals surface area contributed by atoms with Gasteiger partial charge in [-0.25, -0.2) is 9.48 Å². The van der Waals surface area contributed by atoms with Crippen LogP contribution in [0.2, 0.25) is 0 Å². The second-order valence-electron chi connectivity index (χ2n) is 4.61. The minimum absolute atomic E-state index is 0.0624. The Morgan fingerprint density at radius 1 is 1.25 bits per heavy atom. The average Bonchev–Trinajstić information content (AvgIpc) is 2.97. The Hall–Kier alpha value is -2.71. The maximum absolute atomic E-state index is 12.4. The van der Waals surface area contributed by atoms with Crippen LogP contribution in [0.5, 0.6) is 11.5 Å². The largest absolute Gasteiger partial charge is 0.497 e. The lowest BCUT2D eigenvalue weighted by Gasteiger charge is -2.08. The summed E-state index contributed by atoms with van der Waals surface area (Å²) in [6, 6.07) is 6.57. The molecule has 0 fully saturated rings. The predicted octanol–water partition coefficient (Wildman–Crippen LogP) is 3.00. The van der Waals surface area contributed by atoms with Crippen molar-refractivity contribution < 1.29 is 32.2 Å². The van der Waals surface area contributed by atoms with Gasteiger partial charge in [0.05, 0.1) is 25.6 Å². The summed E-state index contributed by atoms with van der Waals surface area (Å²) in [5.41, 5.74) is 0.195. The van der Waals surface area contributed by atoms with Gasteiger partial charge in [-0.1, -0.05) is 0 Å². The quantitative estimate of drug-likeness (QED) is 0.754.